The summed E-state index contributed by atoms with van der Waals surface area (Å²) in [7, 11) is 0. The molecule has 228 valence electrons. The largest absolute Gasteiger partial charge is 0.490 e. The van der Waals surface area contributed by atoms with Crippen LogP contribution in [0.2, 0.25) is 5.02 Å². The van der Waals surface area contributed by atoms with Crippen LogP contribution < -0.4 is 5.73 Å². The number of carboxylic acids is 1. The van der Waals surface area contributed by atoms with Crippen molar-refractivity contribution in [1.82, 2.24) is 14.7 Å². The zero-order valence-electron chi connectivity index (χ0n) is 23.2. The number of hydrogen-bond acceptors (Lipinski definition) is 5. The number of rotatable bonds is 6. The molecule has 0 spiro atoms. The number of alkyl halides is 3. The first-order valence-corrected chi connectivity index (χ1v) is 14.1. The van der Waals surface area contributed by atoms with Gasteiger partial charge in [0, 0.05) is 44.3 Å². The summed E-state index contributed by atoms with van der Waals surface area (Å²) in [6.07, 6.45) is -5.05. The quantitative estimate of drug-likeness (QED) is 0.423. The highest BCUT2D eigenvalue weighted by atomic mass is 35.5. The number of piperazine rings is 1. The molecule has 3 aromatic carbocycles. The van der Waals surface area contributed by atoms with E-state index in [-0.39, 0.29) is 24.3 Å². The van der Waals surface area contributed by atoms with E-state index in [4.69, 9.17) is 27.2 Å². The van der Waals surface area contributed by atoms with Gasteiger partial charge in [0.25, 0.3) is 0 Å². The van der Waals surface area contributed by atoms with Crippen LogP contribution in [-0.2, 0) is 27.5 Å². The number of aliphatic carboxylic acids is 1. The van der Waals surface area contributed by atoms with Crippen LogP contribution in [-0.4, -0.2) is 76.0 Å². The second-order valence-corrected chi connectivity index (χ2v) is 10.8. The minimum Gasteiger partial charge on any atom is -0.475 e. The highest BCUT2D eigenvalue weighted by molar-refractivity contribution is 6.30. The predicted octanol–water partition coefficient (Wildman–Crippen LogP) is 4.47. The number of hydrogen-bond donors (Lipinski definition) is 2. The molecular weight excluding hydrogens is 585 g/mol. The lowest BCUT2D eigenvalue weighted by Gasteiger charge is -2.40. The van der Waals surface area contributed by atoms with Gasteiger partial charge in [-0.3, -0.25) is 14.5 Å². The van der Waals surface area contributed by atoms with Crippen molar-refractivity contribution in [1.29, 1.82) is 0 Å². The van der Waals surface area contributed by atoms with Crippen LogP contribution in [0, 0.1) is 0 Å². The summed E-state index contributed by atoms with van der Waals surface area (Å²) >= 11 is 6.14. The molecule has 1 unspecified atom stereocenters. The van der Waals surface area contributed by atoms with Crippen molar-refractivity contribution in [3.63, 3.8) is 0 Å². The molecule has 12 heteroatoms. The maximum atomic E-state index is 13.0. The molecule has 3 aromatic rings. The molecule has 2 aliphatic rings. The minimum atomic E-state index is -5.08. The molecule has 0 aromatic heterocycles. The molecule has 0 saturated carbocycles. The third kappa shape index (κ3) is 8.34. The van der Waals surface area contributed by atoms with Gasteiger partial charge in [-0.15, -0.1) is 0 Å². The van der Waals surface area contributed by atoms with E-state index in [0.29, 0.717) is 31.2 Å². The lowest BCUT2D eigenvalue weighted by atomic mass is 9.96. The fourth-order valence-corrected chi connectivity index (χ4v) is 5.38. The summed E-state index contributed by atoms with van der Waals surface area (Å²) in [5, 5.41) is 7.84. The van der Waals surface area contributed by atoms with E-state index >= 15 is 0 Å². The molecule has 2 atom stereocenters. The maximum Gasteiger partial charge on any atom is 0.490 e. The van der Waals surface area contributed by atoms with Crippen LogP contribution in [0.5, 0.6) is 0 Å². The van der Waals surface area contributed by atoms with Gasteiger partial charge in [-0.05, 0) is 34.4 Å². The Morgan fingerprint density at radius 3 is 1.79 bits per heavy atom. The first-order chi connectivity index (χ1) is 20.4. The van der Waals surface area contributed by atoms with Crippen LogP contribution in [0.1, 0.15) is 34.7 Å². The second-order valence-electron chi connectivity index (χ2n) is 10.4. The zero-order valence-corrected chi connectivity index (χ0v) is 24.0. The Labute approximate surface area is 252 Å². The monoisotopic (exact) mass is 616 g/mol. The van der Waals surface area contributed by atoms with Crippen LogP contribution in [0.3, 0.4) is 0 Å². The molecule has 8 nitrogen and oxygen atoms in total. The van der Waals surface area contributed by atoms with Gasteiger partial charge in [0.15, 0.2) is 0 Å². The predicted molar refractivity (Wildman–Crippen MR) is 155 cm³/mol. The normalized spacial score (nSPS) is 16.5. The number of carbonyl (C=O) groups excluding carboxylic acids is 2. The average molecular weight is 617 g/mol. The zero-order chi connectivity index (χ0) is 31.1. The van der Waals surface area contributed by atoms with Crippen LogP contribution >= 0.6 is 11.6 Å². The Morgan fingerprint density at radius 2 is 1.28 bits per heavy atom. The van der Waals surface area contributed by atoms with Crippen molar-refractivity contribution in [2.24, 2.45) is 5.73 Å². The van der Waals surface area contributed by atoms with Crippen molar-refractivity contribution < 1.29 is 32.7 Å². The molecule has 1 saturated heterocycles. The number of nitrogens with zero attached hydrogens (tertiary/aromatic N) is 3. The number of carbonyl (C=O) groups is 3. The van der Waals surface area contributed by atoms with E-state index in [9.17, 15) is 22.8 Å². The number of carboxylic acid groups (broad SMARTS) is 1. The van der Waals surface area contributed by atoms with Gasteiger partial charge in [-0.25, -0.2) is 4.79 Å². The topological polar surface area (TPSA) is 107 Å². The number of benzene rings is 3. The SMILES string of the molecule is N[C@@H](CC(=O)N1CCN(C(c2ccccc2)c2ccc(Cl)cc2)CC1)C(=O)N1Cc2ccccc2C1.O=C(O)C(F)(F)F. The van der Waals surface area contributed by atoms with Crippen LogP contribution in [0.15, 0.2) is 78.9 Å². The lowest BCUT2D eigenvalue weighted by molar-refractivity contribution is -0.192. The first-order valence-electron chi connectivity index (χ1n) is 13.7. The summed E-state index contributed by atoms with van der Waals surface area (Å²) in [6.45, 7) is 3.79. The Bertz CT molecular complexity index is 1390. The minimum absolute atomic E-state index is 0.0327. The highest BCUT2D eigenvalue weighted by Gasteiger charge is 2.38. The van der Waals surface area contributed by atoms with Gasteiger partial charge in [0.1, 0.15) is 0 Å². The Hall–Kier alpha value is -3.93. The molecule has 0 radical (unpaired) electrons. The molecule has 43 heavy (non-hydrogen) atoms. The number of nitrogens with two attached hydrogens (primary N) is 1. The van der Waals surface area contributed by atoms with Crippen molar-refractivity contribution in [3.05, 3.63) is 106 Å². The molecule has 2 aliphatic heterocycles. The van der Waals surface area contributed by atoms with Crippen molar-refractivity contribution >= 4 is 29.4 Å². The van der Waals surface area contributed by atoms with Gasteiger partial charge in [0.2, 0.25) is 11.8 Å². The van der Waals surface area contributed by atoms with Crippen LogP contribution in [0.25, 0.3) is 0 Å². The number of fused-ring (bicyclic) bond motifs is 1. The van der Waals surface area contributed by atoms with E-state index < -0.39 is 18.2 Å². The van der Waals surface area contributed by atoms with Gasteiger partial charge >= 0.3 is 12.1 Å². The summed E-state index contributed by atoms with van der Waals surface area (Å²) in [4.78, 5) is 40.8. The molecule has 0 bridgehead atoms. The third-order valence-electron chi connectivity index (χ3n) is 7.44. The average Bonchev–Trinajstić information content (AvgIpc) is 3.43. The summed E-state index contributed by atoms with van der Waals surface area (Å²) in [5.41, 5.74) is 10.9. The standard InChI is InChI=1S/C29H31ClN4O2.C2HF3O2/c30-25-12-10-22(11-13-25)28(21-6-2-1-3-7-21)33-16-14-32(15-17-33)27(35)18-26(31)29(36)34-19-23-8-4-5-9-24(23)20-34;3-2(4,5)1(6)7/h1-13,26,28H,14-20,31H2;(H,6,7)/t26-,28?;/m0./s1. The molecule has 1 fully saturated rings. The van der Waals surface area contributed by atoms with Gasteiger partial charge < -0.3 is 20.6 Å². The van der Waals surface area contributed by atoms with E-state index in [1.807, 2.05) is 47.4 Å². The van der Waals surface area contributed by atoms with E-state index in [1.165, 1.54) is 11.1 Å². The van der Waals surface area contributed by atoms with E-state index in [1.54, 1.807) is 4.90 Å². The van der Waals surface area contributed by atoms with Crippen molar-refractivity contribution in [2.45, 2.75) is 37.8 Å². The smallest absolute Gasteiger partial charge is 0.475 e. The fraction of sp³-hybridized carbons (Fsp3) is 0.323. The van der Waals surface area contributed by atoms with Gasteiger partial charge in [-0.2, -0.15) is 13.2 Å². The first kappa shape index (κ1) is 32.0. The second kappa shape index (κ2) is 14.0. The maximum absolute atomic E-state index is 13.0. The fourth-order valence-electron chi connectivity index (χ4n) is 5.25. The Morgan fingerprint density at radius 1 is 0.791 bits per heavy atom. The molecule has 2 amide bonds. The summed E-state index contributed by atoms with van der Waals surface area (Å²) in [6, 6.07) is 25.7. The molecule has 5 rings (SSSR count). The van der Waals surface area contributed by atoms with Crippen LogP contribution in [0.4, 0.5) is 13.2 Å². The molecular formula is C31H32ClF3N4O4. The molecule has 0 aliphatic carbocycles. The Kier molecular flexibility index (Phi) is 10.4. The van der Waals surface area contributed by atoms with Crippen molar-refractivity contribution in [2.75, 3.05) is 26.2 Å². The highest BCUT2D eigenvalue weighted by Crippen LogP contribution is 2.30. The third-order valence-corrected chi connectivity index (χ3v) is 7.69. The number of halogens is 4. The molecule has 3 N–H and O–H groups in total. The van der Waals surface area contributed by atoms with E-state index in [0.717, 1.165) is 24.2 Å². The Balaban J connectivity index is 0.000000541. The van der Waals surface area contributed by atoms with E-state index in [2.05, 4.69) is 41.3 Å². The summed E-state index contributed by atoms with van der Waals surface area (Å²) < 4.78 is 31.7. The van der Waals surface area contributed by atoms with Gasteiger partial charge in [-0.1, -0.05) is 78.3 Å². The number of amides is 2. The lowest BCUT2D eigenvalue weighted by Crippen LogP contribution is -2.52. The summed E-state index contributed by atoms with van der Waals surface area (Å²) in [5.74, 6) is -2.98. The molecule has 2 heterocycles. The van der Waals surface area contributed by atoms with Crippen molar-refractivity contribution in [3.8, 4) is 0 Å². The van der Waals surface area contributed by atoms with Gasteiger partial charge in [0.05, 0.1) is 18.5 Å².